The molecule has 0 bridgehead atoms. The number of benzene rings is 1. The van der Waals surface area contributed by atoms with Crippen molar-refractivity contribution in [2.75, 3.05) is 0 Å². The van der Waals surface area contributed by atoms with Gasteiger partial charge in [-0.3, -0.25) is 5.84 Å². The third kappa shape index (κ3) is 4.53. The molecule has 3 nitrogen and oxygen atoms in total. The fourth-order valence-corrected chi connectivity index (χ4v) is 1.77. The summed E-state index contributed by atoms with van der Waals surface area (Å²) in [7, 11) is 0. The van der Waals surface area contributed by atoms with E-state index in [1.54, 1.807) is 13.8 Å². The Morgan fingerprint density at radius 1 is 1.43 bits per heavy atom. The van der Waals surface area contributed by atoms with Crippen LogP contribution >= 0.6 is 0 Å². The van der Waals surface area contributed by atoms with Gasteiger partial charge in [-0.15, -0.1) is 0 Å². The molecule has 6 heteroatoms. The van der Waals surface area contributed by atoms with Crippen molar-refractivity contribution in [3.05, 3.63) is 52.9 Å². The normalized spacial score (nSPS) is 14.5. The van der Waals surface area contributed by atoms with Crippen LogP contribution < -0.4 is 16.0 Å². The molecular formula is C15H19F3N2O. The zero-order valence-electron chi connectivity index (χ0n) is 12.2. The molecule has 1 aromatic rings. The smallest absolute Gasteiger partial charge is 0.201 e. The van der Waals surface area contributed by atoms with Crippen LogP contribution in [0.5, 0.6) is 5.75 Å². The number of rotatable bonds is 6. The van der Waals surface area contributed by atoms with E-state index in [0.29, 0.717) is 17.8 Å². The summed E-state index contributed by atoms with van der Waals surface area (Å²) in [6, 6.07) is 3.67. The summed E-state index contributed by atoms with van der Waals surface area (Å²) < 4.78 is 45.4. The molecule has 0 aliphatic carbocycles. The van der Waals surface area contributed by atoms with E-state index in [9.17, 15) is 13.2 Å². The van der Waals surface area contributed by atoms with Gasteiger partial charge in [-0.25, -0.2) is 8.78 Å². The summed E-state index contributed by atoms with van der Waals surface area (Å²) in [6.07, 6.45) is 0.678. The summed E-state index contributed by atoms with van der Waals surface area (Å²) in [4.78, 5) is 0. The summed E-state index contributed by atoms with van der Waals surface area (Å²) in [6.45, 7) is 4.77. The Morgan fingerprint density at radius 3 is 2.62 bits per heavy atom. The standard InChI is InChI=1S/C15H19F3N2O/c1-4-11(8-9(2)15(20-19)10(3)16)21-13-7-5-6-12(17)14(13)18/h5-8,10,20H,4,19H2,1-3H3/b11-8+,15-9+. The van der Waals surface area contributed by atoms with Crippen LogP contribution in [0.1, 0.15) is 27.2 Å². The number of alkyl halides is 1. The van der Waals surface area contributed by atoms with Gasteiger partial charge < -0.3 is 10.2 Å². The molecule has 116 valence electrons. The predicted octanol–water partition coefficient (Wildman–Crippen LogP) is 3.73. The SMILES string of the molecule is CC/C(=C\C(C)=C(\NN)C(C)F)Oc1cccc(F)c1F. The maximum Gasteiger partial charge on any atom is 0.201 e. The molecule has 0 aliphatic heterocycles. The topological polar surface area (TPSA) is 47.3 Å². The van der Waals surface area contributed by atoms with Crippen molar-refractivity contribution < 1.29 is 17.9 Å². The van der Waals surface area contributed by atoms with Crippen molar-refractivity contribution in [1.29, 1.82) is 0 Å². The first kappa shape index (κ1) is 17.1. The van der Waals surface area contributed by atoms with E-state index in [0.717, 1.165) is 6.07 Å². The molecule has 1 atom stereocenters. The van der Waals surface area contributed by atoms with Gasteiger partial charge in [0.15, 0.2) is 11.6 Å². The van der Waals surface area contributed by atoms with Gasteiger partial charge in [-0.2, -0.15) is 4.39 Å². The fourth-order valence-electron chi connectivity index (χ4n) is 1.77. The van der Waals surface area contributed by atoms with Gasteiger partial charge in [0.25, 0.3) is 0 Å². The molecule has 0 aromatic heterocycles. The Bertz CT molecular complexity index is 554. The zero-order valence-corrected chi connectivity index (χ0v) is 12.2. The lowest BCUT2D eigenvalue weighted by molar-refractivity contribution is 0.368. The van der Waals surface area contributed by atoms with Gasteiger partial charge in [0, 0.05) is 6.42 Å². The molecule has 0 radical (unpaired) electrons. The maximum atomic E-state index is 13.6. The lowest BCUT2D eigenvalue weighted by Gasteiger charge is -2.13. The van der Waals surface area contributed by atoms with E-state index < -0.39 is 17.8 Å². The first-order valence-corrected chi connectivity index (χ1v) is 6.54. The summed E-state index contributed by atoms with van der Waals surface area (Å²) >= 11 is 0. The lowest BCUT2D eigenvalue weighted by atomic mass is 10.1. The van der Waals surface area contributed by atoms with Crippen molar-refractivity contribution in [2.24, 2.45) is 5.84 Å². The highest BCUT2D eigenvalue weighted by atomic mass is 19.2. The molecule has 0 aliphatic rings. The van der Waals surface area contributed by atoms with Gasteiger partial charge in [-0.1, -0.05) is 13.0 Å². The van der Waals surface area contributed by atoms with Crippen molar-refractivity contribution >= 4 is 0 Å². The number of hydrogen-bond acceptors (Lipinski definition) is 3. The molecular weight excluding hydrogens is 281 g/mol. The van der Waals surface area contributed by atoms with Gasteiger partial charge in [0.2, 0.25) is 5.82 Å². The Kier molecular flexibility index (Phi) is 6.30. The quantitative estimate of drug-likeness (QED) is 0.364. The molecule has 1 unspecified atom stereocenters. The van der Waals surface area contributed by atoms with Crippen LogP contribution in [0.4, 0.5) is 13.2 Å². The van der Waals surface area contributed by atoms with Gasteiger partial charge in [0.05, 0.1) is 5.70 Å². The van der Waals surface area contributed by atoms with E-state index in [2.05, 4.69) is 5.43 Å². The molecule has 0 saturated heterocycles. The zero-order chi connectivity index (χ0) is 16.0. The number of hydrogen-bond donors (Lipinski definition) is 2. The highest BCUT2D eigenvalue weighted by Gasteiger charge is 2.12. The Balaban J connectivity index is 3.08. The molecule has 0 amide bonds. The molecule has 3 N–H and O–H groups in total. The number of allylic oxidation sites excluding steroid dienone is 4. The van der Waals surface area contributed by atoms with E-state index in [1.807, 2.05) is 0 Å². The summed E-state index contributed by atoms with van der Waals surface area (Å²) in [5.74, 6) is 3.36. The maximum absolute atomic E-state index is 13.6. The van der Waals surface area contributed by atoms with Crippen molar-refractivity contribution in [3.8, 4) is 5.75 Å². The van der Waals surface area contributed by atoms with Crippen LogP contribution in [0.3, 0.4) is 0 Å². The average molecular weight is 300 g/mol. The number of nitrogens with one attached hydrogen (secondary N) is 1. The van der Waals surface area contributed by atoms with Gasteiger partial charge in [-0.05, 0) is 37.6 Å². The minimum atomic E-state index is -1.28. The van der Waals surface area contributed by atoms with Crippen LogP contribution in [-0.2, 0) is 0 Å². The number of ether oxygens (including phenoxy) is 1. The van der Waals surface area contributed by atoms with Crippen LogP contribution in [0, 0.1) is 11.6 Å². The monoisotopic (exact) mass is 300 g/mol. The minimum absolute atomic E-state index is 0.198. The average Bonchev–Trinajstić information content (AvgIpc) is 2.43. The van der Waals surface area contributed by atoms with E-state index in [4.69, 9.17) is 10.6 Å². The van der Waals surface area contributed by atoms with Crippen molar-refractivity contribution in [3.63, 3.8) is 0 Å². The van der Waals surface area contributed by atoms with Crippen LogP contribution in [0.2, 0.25) is 0 Å². The van der Waals surface area contributed by atoms with Crippen LogP contribution in [-0.4, -0.2) is 6.17 Å². The number of halogens is 3. The third-order valence-electron chi connectivity index (χ3n) is 2.86. The third-order valence-corrected chi connectivity index (χ3v) is 2.86. The molecule has 0 heterocycles. The first-order valence-electron chi connectivity index (χ1n) is 6.54. The first-order chi connectivity index (χ1) is 9.90. The van der Waals surface area contributed by atoms with Crippen LogP contribution in [0.25, 0.3) is 0 Å². The van der Waals surface area contributed by atoms with Gasteiger partial charge >= 0.3 is 0 Å². The molecule has 0 spiro atoms. The number of nitrogens with two attached hydrogens (primary N) is 1. The summed E-state index contributed by atoms with van der Waals surface area (Å²) in [5, 5.41) is 0. The highest BCUT2D eigenvalue weighted by molar-refractivity contribution is 5.31. The Hall–Kier alpha value is -1.95. The van der Waals surface area contributed by atoms with E-state index in [-0.39, 0.29) is 11.4 Å². The van der Waals surface area contributed by atoms with Crippen LogP contribution in [0.15, 0.2) is 41.3 Å². The lowest BCUT2D eigenvalue weighted by Crippen LogP contribution is -2.27. The summed E-state index contributed by atoms with van der Waals surface area (Å²) in [5.41, 5.74) is 3.00. The second kappa shape index (κ2) is 7.73. The second-order valence-corrected chi connectivity index (χ2v) is 4.48. The van der Waals surface area contributed by atoms with Crippen molar-refractivity contribution in [1.82, 2.24) is 5.43 Å². The Labute approximate surface area is 122 Å². The number of hydrazine groups is 1. The largest absolute Gasteiger partial charge is 0.459 e. The van der Waals surface area contributed by atoms with Crippen molar-refractivity contribution in [2.45, 2.75) is 33.4 Å². The fraction of sp³-hybridized carbons (Fsp3) is 0.333. The second-order valence-electron chi connectivity index (χ2n) is 4.48. The minimum Gasteiger partial charge on any atom is -0.459 e. The predicted molar refractivity (Wildman–Crippen MR) is 76.0 cm³/mol. The molecule has 1 rings (SSSR count). The molecule has 0 saturated carbocycles. The van der Waals surface area contributed by atoms with E-state index >= 15 is 0 Å². The molecule has 0 fully saturated rings. The highest BCUT2D eigenvalue weighted by Crippen LogP contribution is 2.23. The van der Waals surface area contributed by atoms with Gasteiger partial charge in [0.1, 0.15) is 11.9 Å². The molecule has 21 heavy (non-hydrogen) atoms. The molecule has 1 aromatic carbocycles. The van der Waals surface area contributed by atoms with E-state index in [1.165, 1.54) is 25.1 Å². The Morgan fingerprint density at radius 2 is 2.10 bits per heavy atom.